The summed E-state index contributed by atoms with van der Waals surface area (Å²) in [4.78, 5) is 7.13. The molecule has 2 aromatic rings. The van der Waals surface area contributed by atoms with Gasteiger partial charge in [0.25, 0.3) is 0 Å². The average Bonchev–Trinajstić information content (AvgIpc) is 2.76. The molecule has 1 aromatic heterocycles. The zero-order valence-electron chi connectivity index (χ0n) is 13.1. The van der Waals surface area contributed by atoms with Crippen LogP contribution in [0.5, 0.6) is 0 Å². The molecule has 0 bridgehead atoms. The highest BCUT2D eigenvalue weighted by Gasteiger charge is 2.22. The molecule has 21 heavy (non-hydrogen) atoms. The molecule has 1 aromatic carbocycles. The molecule has 3 nitrogen and oxygen atoms in total. The predicted molar refractivity (Wildman–Crippen MR) is 88.9 cm³/mol. The molecule has 0 spiro atoms. The maximum Gasteiger partial charge on any atom is 0.106 e. The molecule has 0 N–H and O–H groups in total. The van der Waals surface area contributed by atoms with E-state index in [2.05, 4.69) is 46.6 Å². The lowest BCUT2D eigenvalue weighted by Crippen LogP contribution is -2.39. The number of hydrogen-bond donors (Lipinski definition) is 0. The minimum atomic E-state index is 0.0391. The summed E-state index contributed by atoms with van der Waals surface area (Å²) in [5, 5.41) is 0.0391. The van der Waals surface area contributed by atoms with Gasteiger partial charge < -0.3 is 4.57 Å². The van der Waals surface area contributed by atoms with Crippen LogP contribution in [0.15, 0.2) is 18.2 Å². The molecule has 2 unspecified atom stereocenters. The van der Waals surface area contributed by atoms with E-state index in [0.717, 1.165) is 17.9 Å². The number of nitrogens with zero attached hydrogens (tertiary/aromatic N) is 3. The first-order valence-electron chi connectivity index (χ1n) is 7.87. The predicted octanol–water partition coefficient (Wildman–Crippen LogP) is 4.04. The van der Waals surface area contributed by atoms with Gasteiger partial charge in [-0.3, -0.25) is 4.90 Å². The molecular formula is C17H24ClN3. The third-order valence-corrected chi connectivity index (χ3v) is 5.22. The van der Waals surface area contributed by atoms with Crippen LogP contribution in [-0.2, 0) is 7.05 Å². The van der Waals surface area contributed by atoms with Crippen LogP contribution in [0.1, 0.15) is 43.0 Å². The maximum absolute atomic E-state index is 6.68. The van der Waals surface area contributed by atoms with Gasteiger partial charge in [0.1, 0.15) is 5.82 Å². The summed E-state index contributed by atoms with van der Waals surface area (Å²) >= 11 is 6.68. The Bertz CT molecular complexity index is 634. The molecule has 0 aliphatic carbocycles. The number of fused-ring (bicyclic) bond motifs is 1. The second kappa shape index (κ2) is 5.98. The second-order valence-corrected chi connectivity index (χ2v) is 6.80. The molecule has 114 valence electrons. The van der Waals surface area contributed by atoms with Crippen molar-refractivity contribution in [3.63, 3.8) is 0 Å². The molecule has 2 atom stereocenters. The van der Waals surface area contributed by atoms with E-state index in [4.69, 9.17) is 11.6 Å². The van der Waals surface area contributed by atoms with Crippen molar-refractivity contribution in [1.29, 1.82) is 0 Å². The van der Waals surface area contributed by atoms with Gasteiger partial charge in [0.2, 0.25) is 0 Å². The minimum Gasteiger partial charge on any atom is -0.331 e. The van der Waals surface area contributed by atoms with Crippen molar-refractivity contribution < 1.29 is 0 Å². The highest BCUT2D eigenvalue weighted by molar-refractivity contribution is 6.21. The number of aromatic nitrogens is 2. The Labute approximate surface area is 131 Å². The molecule has 2 heterocycles. The fourth-order valence-corrected chi connectivity index (χ4v) is 3.59. The lowest BCUT2D eigenvalue weighted by Gasteiger charge is -2.34. The Hall–Kier alpha value is -1.06. The molecule has 1 fully saturated rings. The number of piperidine rings is 1. The molecule has 1 aliphatic rings. The van der Waals surface area contributed by atoms with Crippen LogP contribution in [0.3, 0.4) is 0 Å². The molecule has 0 saturated carbocycles. The van der Waals surface area contributed by atoms with E-state index in [1.807, 2.05) is 6.92 Å². The van der Waals surface area contributed by atoms with Crippen LogP contribution in [-0.4, -0.2) is 33.6 Å². The van der Waals surface area contributed by atoms with Gasteiger partial charge in [-0.05, 0) is 50.9 Å². The highest BCUT2D eigenvalue weighted by atomic mass is 35.5. The summed E-state index contributed by atoms with van der Waals surface area (Å²) < 4.78 is 2.12. The summed E-state index contributed by atoms with van der Waals surface area (Å²) in [6.07, 6.45) is 3.94. The van der Waals surface area contributed by atoms with Gasteiger partial charge in [-0.2, -0.15) is 0 Å². The number of halogens is 1. The van der Waals surface area contributed by atoms with E-state index in [-0.39, 0.29) is 5.38 Å². The molecule has 1 saturated heterocycles. The first-order chi connectivity index (χ1) is 10.1. The fourth-order valence-electron chi connectivity index (χ4n) is 3.27. The van der Waals surface area contributed by atoms with Gasteiger partial charge in [0, 0.05) is 19.6 Å². The Morgan fingerprint density at radius 1 is 1.38 bits per heavy atom. The van der Waals surface area contributed by atoms with Crippen molar-refractivity contribution in [2.24, 2.45) is 7.05 Å². The van der Waals surface area contributed by atoms with Gasteiger partial charge in [-0.1, -0.05) is 12.5 Å². The topological polar surface area (TPSA) is 21.1 Å². The van der Waals surface area contributed by atoms with Crippen molar-refractivity contribution in [3.05, 3.63) is 29.6 Å². The van der Waals surface area contributed by atoms with Crippen molar-refractivity contribution in [1.82, 2.24) is 14.5 Å². The number of imidazole rings is 1. The Balaban J connectivity index is 1.79. The summed E-state index contributed by atoms with van der Waals surface area (Å²) in [7, 11) is 2.05. The molecule has 4 heteroatoms. The quantitative estimate of drug-likeness (QED) is 0.798. The van der Waals surface area contributed by atoms with E-state index < -0.39 is 0 Å². The SMILES string of the molecule is Cc1nc2cc(C(Cl)CN3CCCCC3C)ccc2n1C. The maximum atomic E-state index is 6.68. The van der Waals surface area contributed by atoms with Gasteiger partial charge in [-0.15, -0.1) is 11.6 Å². The zero-order valence-corrected chi connectivity index (χ0v) is 13.9. The van der Waals surface area contributed by atoms with Crippen LogP contribution in [0.2, 0.25) is 0 Å². The third kappa shape index (κ3) is 2.95. The van der Waals surface area contributed by atoms with E-state index >= 15 is 0 Å². The Morgan fingerprint density at radius 2 is 2.19 bits per heavy atom. The number of benzene rings is 1. The van der Waals surface area contributed by atoms with Crippen LogP contribution in [0, 0.1) is 6.92 Å². The second-order valence-electron chi connectivity index (χ2n) is 6.27. The minimum absolute atomic E-state index is 0.0391. The first-order valence-corrected chi connectivity index (χ1v) is 8.31. The summed E-state index contributed by atoms with van der Waals surface area (Å²) in [6, 6.07) is 7.09. The Morgan fingerprint density at radius 3 is 2.95 bits per heavy atom. The first kappa shape index (κ1) is 14.9. The van der Waals surface area contributed by atoms with E-state index in [1.165, 1.54) is 36.9 Å². The lowest BCUT2D eigenvalue weighted by atomic mass is 10.0. The average molecular weight is 306 g/mol. The molecule has 1 aliphatic heterocycles. The van der Waals surface area contributed by atoms with Crippen molar-refractivity contribution in [2.75, 3.05) is 13.1 Å². The van der Waals surface area contributed by atoms with E-state index in [9.17, 15) is 0 Å². The van der Waals surface area contributed by atoms with E-state index in [1.54, 1.807) is 0 Å². The smallest absolute Gasteiger partial charge is 0.106 e. The normalized spacial score (nSPS) is 21.8. The highest BCUT2D eigenvalue weighted by Crippen LogP contribution is 2.28. The monoisotopic (exact) mass is 305 g/mol. The van der Waals surface area contributed by atoms with Gasteiger partial charge in [-0.25, -0.2) is 4.98 Å². The molecule has 0 radical (unpaired) electrons. The van der Waals surface area contributed by atoms with Crippen LogP contribution >= 0.6 is 11.6 Å². The van der Waals surface area contributed by atoms with Crippen LogP contribution in [0.25, 0.3) is 11.0 Å². The number of alkyl halides is 1. The standard InChI is InChI=1S/C17H24ClN3/c1-12-6-4-5-9-21(12)11-15(18)14-7-8-17-16(10-14)19-13(2)20(17)3/h7-8,10,12,15H,4-6,9,11H2,1-3H3. The molecular weight excluding hydrogens is 282 g/mol. The number of aryl methyl sites for hydroxylation is 2. The molecule has 0 amide bonds. The van der Waals surface area contributed by atoms with E-state index in [0.29, 0.717) is 6.04 Å². The Kier molecular flexibility index (Phi) is 4.23. The van der Waals surface area contributed by atoms with Crippen LogP contribution < -0.4 is 0 Å². The fraction of sp³-hybridized carbons (Fsp3) is 0.588. The summed E-state index contributed by atoms with van der Waals surface area (Å²) in [5.74, 6) is 1.04. The number of likely N-dealkylation sites (tertiary alicyclic amines) is 1. The lowest BCUT2D eigenvalue weighted by molar-refractivity contribution is 0.161. The zero-order chi connectivity index (χ0) is 15.0. The largest absolute Gasteiger partial charge is 0.331 e. The van der Waals surface area contributed by atoms with Gasteiger partial charge in [0.15, 0.2) is 0 Å². The molecule has 3 rings (SSSR count). The van der Waals surface area contributed by atoms with Crippen molar-refractivity contribution >= 4 is 22.6 Å². The number of rotatable bonds is 3. The van der Waals surface area contributed by atoms with Gasteiger partial charge >= 0.3 is 0 Å². The van der Waals surface area contributed by atoms with Crippen molar-refractivity contribution in [2.45, 2.75) is 44.5 Å². The van der Waals surface area contributed by atoms with Gasteiger partial charge in [0.05, 0.1) is 16.4 Å². The van der Waals surface area contributed by atoms with Crippen molar-refractivity contribution in [3.8, 4) is 0 Å². The third-order valence-electron chi connectivity index (χ3n) is 4.83. The summed E-state index contributed by atoms with van der Waals surface area (Å²) in [5.41, 5.74) is 3.40. The number of hydrogen-bond acceptors (Lipinski definition) is 2. The summed E-state index contributed by atoms with van der Waals surface area (Å²) in [6.45, 7) is 6.46. The van der Waals surface area contributed by atoms with Crippen LogP contribution in [0.4, 0.5) is 0 Å².